The number of halogens is 2. The highest BCUT2D eigenvalue weighted by atomic mass is 32.1. The molecule has 0 saturated carbocycles. The number of hydrogen-bond donors (Lipinski definition) is 2. The van der Waals surface area contributed by atoms with Crippen molar-refractivity contribution in [1.82, 2.24) is 13.5 Å². The van der Waals surface area contributed by atoms with E-state index in [1.54, 1.807) is 24.3 Å². The van der Waals surface area contributed by atoms with Crippen molar-refractivity contribution in [2.75, 3.05) is 6.61 Å². The van der Waals surface area contributed by atoms with E-state index in [9.17, 15) is 23.5 Å². The highest BCUT2D eigenvalue weighted by Gasteiger charge is 2.59. The lowest BCUT2D eigenvalue weighted by atomic mass is 10.1. The minimum absolute atomic E-state index is 0.0111. The molecule has 1 aliphatic heterocycles. The van der Waals surface area contributed by atoms with Crippen LogP contribution in [-0.2, 0) is 4.74 Å². The second-order valence-corrected chi connectivity index (χ2v) is 6.98. The van der Waals surface area contributed by atoms with Crippen LogP contribution in [-0.4, -0.2) is 48.5 Å². The van der Waals surface area contributed by atoms with Crippen molar-refractivity contribution in [2.24, 2.45) is 0 Å². The van der Waals surface area contributed by atoms with Gasteiger partial charge in [0.25, 0.3) is 5.56 Å². The number of aliphatic hydroxyl groups is 2. The molecule has 1 fully saturated rings. The summed E-state index contributed by atoms with van der Waals surface area (Å²) in [7, 11) is 0. The van der Waals surface area contributed by atoms with Gasteiger partial charge in [0.2, 0.25) is 6.23 Å². The van der Waals surface area contributed by atoms with Crippen LogP contribution in [0.4, 0.5) is 8.78 Å². The molecule has 3 unspecified atom stereocenters. The number of fused-ring (bicyclic) bond motifs is 1. The molecule has 0 spiro atoms. The van der Waals surface area contributed by atoms with Crippen molar-refractivity contribution in [3.8, 4) is 5.82 Å². The number of nitrogens with zero attached hydrogens (tertiary/aromatic N) is 3. The first-order valence-corrected chi connectivity index (χ1v) is 8.64. The van der Waals surface area contributed by atoms with E-state index >= 15 is 0 Å². The average molecular weight is 397 g/mol. The lowest BCUT2D eigenvalue weighted by molar-refractivity contribution is -0.141. The van der Waals surface area contributed by atoms with Gasteiger partial charge in [-0.05, 0) is 29.7 Å². The zero-order valence-corrected chi connectivity index (χ0v) is 14.3. The third-order valence-electron chi connectivity index (χ3n) is 4.33. The monoisotopic (exact) mass is 397 g/mol. The lowest BCUT2D eigenvalue weighted by Gasteiger charge is -2.21. The van der Waals surface area contributed by atoms with E-state index in [-0.39, 0.29) is 11.4 Å². The number of aliphatic hydroxyl groups excluding tert-OH is 2. The molecule has 2 N–H and O–H groups in total. The van der Waals surface area contributed by atoms with Gasteiger partial charge in [-0.3, -0.25) is 9.36 Å². The van der Waals surface area contributed by atoms with Crippen LogP contribution < -0.4 is 11.2 Å². The Bertz CT molecular complexity index is 1120. The number of benzene rings is 1. The van der Waals surface area contributed by atoms with Crippen LogP contribution in [0.25, 0.3) is 15.9 Å². The number of alkyl halides is 2. The molecule has 3 atom stereocenters. The Hall–Kier alpha value is -2.47. The van der Waals surface area contributed by atoms with E-state index in [1.807, 2.05) is 0 Å². The minimum atomic E-state index is -3.80. The number of hydrogen-bond acceptors (Lipinski definition) is 7. The Morgan fingerprint density at radius 2 is 2.00 bits per heavy atom. The van der Waals surface area contributed by atoms with Crippen molar-refractivity contribution < 1.29 is 23.7 Å². The van der Waals surface area contributed by atoms with Crippen molar-refractivity contribution in [3.63, 3.8) is 0 Å². The predicted molar refractivity (Wildman–Crippen MR) is 91.4 cm³/mol. The second-order valence-electron chi connectivity index (χ2n) is 5.99. The van der Waals surface area contributed by atoms with Crippen molar-refractivity contribution in [1.29, 1.82) is 0 Å². The van der Waals surface area contributed by atoms with Gasteiger partial charge in [0.15, 0.2) is 11.9 Å². The quantitative estimate of drug-likeness (QED) is 0.667. The average Bonchev–Trinajstić information content (AvgIpc) is 3.10. The lowest BCUT2D eigenvalue weighted by Crippen LogP contribution is -2.42. The summed E-state index contributed by atoms with van der Waals surface area (Å²) in [6.07, 6.45) is -4.88. The molecule has 3 heterocycles. The maximum Gasteiger partial charge on any atom is 0.351 e. The molecule has 142 valence electrons. The summed E-state index contributed by atoms with van der Waals surface area (Å²) in [5.41, 5.74) is -1.45. The molecule has 1 aromatic carbocycles. The largest absolute Gasteiger partial charge is 0.394 e. The van der Waals surface area contributed by atoms with Crippen LogP contribution in [0.15, 0.2) is 46.1 Å². The van der Waals surface area contributed by atoms with E-state index in [4.69, 9.17) is 9.84 Å². The summed E-state index contributed by atoms with van der Waals surface area (Å²) in [5.74, 6) is -3.81. The maximum absolute atomic E-state index is 14.2. The summed E-state index contributed by atoms with van der Waals surface area (Å²) >= 11 is 1.07. The number of rotatable bonds is 3. The summed E-state index contributed by atoms with van der Waals surface area (Å²) < 4.78 is 35.7. The van der Waals surface area contributed by atoms with Crippen molar-refractivity contribution in [3.05, 3.63) is 57.4 Å². The Morgan fingerprint density at radius 1 is 1.26 bits per heavy atom. The molecule has 27 heavy (non-hydrogen) atoms. The van der Waals surface area contributed by atoms with Gasteiger partial charge >= 0.3 is 11.6 Å². The van der Waals surface area contributed by atoms with E-state index < -0.39 is 36.7 Å². The number of aromatic nitrogens is 3. The van der Waals surface area contributed by atoms with Crippen LogP contribution in [0.1, 0.15) is 6.23 Å². The van der Waals surface area contributed by atoms with Gasteiger partial charge in [0, 0.05) is 6.20 Å². The van der Waals surface area contributed by atoms with Gasteiger partial charge < -0.3 is 14.9 Å². The fourth-order valence-electron chi connectivity index (χ4n) is 2.94. The molecule has 11 heteroatoms. The Labute approximate surface area is 153 Å². The normalized spacial score (nSPS) is 24.5. The van der Waals surface area contributed by atoms with Gasteiger partial charge in [-0.1, -0.05) is 12.1 Å². The minimum Gasteiger partial charge on any atom is -0.394 e. The fraction of sp³-hybridized carbons (Fsp3) is 0.312. The maximum atomic E-state index is 14.2. The zero-order valence-electron chi connectivity index (χ0n) is 13.5. The first-order chi connectivity index (χ1) is 12.8. The van der Waals surface area contributed by atoms with Gasteiger partial charge in [-0.15, -0.1) is 0 Å². The smallest absolute Gasteiger partial charge is 0.351 e. The molecule has 0 amide bonds. The molecule has 1 aliphatic rings. The molecular formula is C16H13F2N3O5S. The Balaban J connectivity index is 1.76. The third-order valence-corrected chi connectivity index (χ3v) is 5.42. The molecule has 1 saturated heterocycles. The first kappa shape index (κ1) is 17.9. The molecular weight excluding hydrogens is 384 g/mol. The highest BCUT2D eigenvalue weighted by Crippen LogP contribution is 2.41. The van der Waals surface area contributed by atoms with Crippen LogP contribution in [0.3, 0.4) is 0 Å². The second kappa shape index (κ2) is 6.30. The number of ether oxygens (including phenoxy) is 1. The SMILES string of the molecule is O=c1nc(-n2sc3ccccc3c2=O)ccn1C1OC(CO)C(O)C1(F)F. The van der Waals surface area contributed by atoms with Crippen LogP contribution in [0.5, 0.6) is 0 Å². The van der Waals surface area contributed by atoms with Gasteiger partial charge in [-0.2, -0.15) is 13.8 Å². The molecule has 0 aliphatic carbocycles. The molecule has 8 nitrogen and oxygen atoms in total. The Morgan fingerprint density at radius 3 is 2.63 bits per heavy atom. The van der Waals surface area contributed by atoms with Crippen LogP contribution in [0, 0.1) is 0 Å². The predicted octanol–water partition coefficient (Wildman–Crippen LogP) is 0.495. The third kappa shape index (κ3) is 2.70. The molecule has 3 aromatic rings. The summed E-state index contributed by atoms with van der Waals surface area (Å²) in [4.78, 5) is 28.4. The van der Waals surface area contributed by atoms with Crippen molar-refractivity contribution in [2.45, 2.75) is 24.4 Å². The summed E-state index contributed by atoms with van der Waals surface area (Å²) in [6, 6.07) is 8.07. The van der Waals surface area contributed by atoms with Gasteiger partial charge in [-0.25, -0.2) is 8.75 Å². The summed E-state index contributed by atoms with van der Waals surface area (Å²) in [6.45, 7) is -0.829. The van der Waals surface area contributed by atoms with Crippen LogP contribution >= 0.6 is 11.5 Å². The zero-order chi connectivity index (χ0) is 19.3. The van der Waals surface area contributed by atoms with Gasteiger partial charge in [0.05, 0.1) is 16.7 Å². The van der Waals surface area contributed by atoms with Gasteiger partial charge in [0.1, 0.15) is 6.10 Å². The fourth-order valence-corrected chi connectivity index (χ4v) is 3.90. The van der Waals surface area contributed by atoms with E-state index in [2.05, 4.69) is 4.98 Å². The topological polar surface area (TPSA) is 107 Å². The first-order valence-electron chi connectivity index (χ1n) is 7.87. The Kier molecular flexibility index (Phi) is 4.18. The summed E-state index contributed by atoms with van der Waals surface area (Å²) in [5, 5.41) is 19.1. The highest BCUT2D eigenvalue weighted by molar-refractivity contribution is 7.14. The molecule has 0 bridgehead atoms. The molecule has 2 aromatic heterocycles. The van der Waals surface area contributed by atoms with Crippen molar-refractivity contribution >= 4 is 21.6 Å². The molecule has 4 rings (SSSR count). The van der Waals surface area contributed by atoms with E-state index in [1.165, 1.54) is 10.0 Å². The van der Waals surface area contributed by atoms with Crippen LogP contribution in [0.2, 0.25) is 0 Å². The van der Waals surface area contributed by atoms with E-state index in [0.717, 1.165) is 17.7 Å². The molecule has 0 radical (unpaired) electrons. The van der Waals surface area contributed by atoms with E-state index in [0.29, 0.717) is 14.7 Å². The standard InChI is InChI=1S/C16H13F2N3O5S/c17-16(18)12(23)9(7-22)26-14(16)20-6-5-11(19-15(20)25)21-13(24)8-3-1-2-4-10(8)27-21/h1-6,9,12,14,22-23H,7H2.